The molecule has 2 aromatic rings. The summed E-state index contributed by atoms with van der Waals surface area (Å²) in [5.74, 6) is 0.989. The molecule has 0 aromatic heterocycles. The fourth-order valence-electron chi connectivity index (χ4n) is 5.13. The van der Waals surface area contributed by atoms with E-state index in [4.69, 9.17) is 0 Å². The second-order valence-electron chi connectivity index (χ2n) is 9.97. The topological polar surface area (TPSA) is 20.2 Å². The molecule has 1 heteroatoms. The van der Waals surface area contributed by atoms with E-state index in [1.165, 1.54) is 120 Å². The van der Waals surface area contributed by atoms with Gasteiger partial charge in [0.25, 0.3) is 0 Å². The van der Waals surface area contributed by atoms with Crippen LogP contribution in [-0.2, 0) is 0 Å². The third-order valence-corrected chi connectivity index (χ3v) is 7.16. The number of aromatic hydroxyl groups is 1. The summed E-state index contributed by atoms with van der Waals surface area (Å²) in [6, 6.07) is 16.7. The van der Waals surface area contributed by atoms with Gasteiger partial charge in [-0.1, -0.05) is 153 Å². The summed E-state index contributed by atoms with van der Waals surface area (Å²) < 4.78 is 0. The molecule has 0 aliphatic carbocycles. The third kappa shape index (κ3) is 10.8. The van der Waals surface area contributed by atoms with Gasteiger partial charge in [-0.15, -0.1) is 0 Å². The first-order chi connectivity index (χ1) is 16.3. The lowest BCUT2D eigenvalue weighted by Gasteiger charge is -2.21. The van der Waals surface area contributed by atoms with Gasteiger partial charge >= 0.3 is 0 Å². The van der Waals surface area contributed by atoms with Gasteiger partial charge in [-0.25, -0.2) is 0 Å². The zero-order valence-corrected chi connectivity index (χ0v) is 21.7. The van der Waals surface area contributed by atoms with Crippen LogP contribution in [-0.4, -0.2) is 5.11 Å². The quantitative estimate of drug-likeness (QED) is 0.211. The Morgan fingerprint density at radius 3 is 1.45 bits per heavy atom. The van der Waals surface area contributed by atoms with Crippen LogP contribution >= 0.6 is 0 Å². The highest BCUT2D eigenvalue weighted by Crippen LogP contribution is 2.38. The zero-order valence-electron chi connectivity index (χ0n) is 21.7. The number of phenolic OH excluding ortho intramolecular Hbond substituents is 1. The standard InChI is InChI=1S/C32H50O/c1-3-5-7-9-11-12-13-15-17-23-28(22-16-14-10-8-6-4-2)29-24-18-19-25-30(29)31-26-20-21-27-32(31)33/h18-21,24-28,33H,3-17,22-23H2,1-2H3. The van der Waals surface area contributed by atoms with E-state index >= 15 is 0 Å². The van der Waals surface area contributed by atoms with Crippen molar-refractivity contribution in [3.8, 4) is 16.9 Å². The molecule has 0 fully saturated rings. The fourth-order valence-corrected chi connectivity index (χ4v) is 5.13. The highest BCUT2D eigenvalue weighted by atomic mass is 16.3. The van der Waals surface area contributed by atoms with Crippen molar-refractivity contribution in [1.82, 2.24) is 0 Å². The first-order valence-electron chi connectivity index (χ1n) is 14.1. The summed E-state index contributed by atoms with van der Waals surface area (Å²) >= 11 is 0. The van der Waals surface area contributed by atoms with E-state index in [2.05, 4.69) is 44.2 Å². The highest BCUT2D eigenvalue weighted by Gasteiger charge is 2.17. The minimum atomic E-state index is 0.395. The largest absolute Gasteiger partial charge is 0.507 e. The number of hydrogen-bond acceptors (Lipinski definition) is 1. The van der Waals surface area contributed by atoms with Crippen LogP contribution < -0.4 is 0 Å². The monoisotopic (exact) mass is 450 g/mol. The number of hydrogen-bond donors (Lipinski definition) is 1. The van der Waals surface area contributed by atoms with Crippen molar-refractivity contribution in [3.05, 3.63) is 54.1 Å². The van der Waals surface area contributed by atoms with Gasteiger partial charge in [-0.05, 0) is 36.0 Å². The number of phenols is 1. The van der Waals surface area contributed by atoms with Crippen molar-refractivity contribution in [2.45, 2.75) is 129 Å². The minimum Gasteiger partial charge on any atom is -0.507 e. The molecular formula is C32H50O. The van der Waals surface area contributed by atoms with Gasteiger partial charge in [-0.2, -0.15) is 0 Å². The predicted octanol–water partition coefficient (Wildman–Crippen LogP) is 10.8. The van der Waals surface area contributed by atoms with Gasteiger partial charge in [0, 0.05) is 5.56 Å². The van der Waals surface area contributed by atoms with E-state index in [9.17, 15) is 5.11 Å². The molecule has 0 aliphatic rings. The van der Waals surface area contributed by atoms with Crippen molar-refractivity contribution < 1.29 is 5.11 Å². The summed E-state index contributed by atoms with van der Waals surface area (Å²) in [6.07, 6.45) is 23.1. The van der Waals surface area contributed by atoms with Crippen molar-refractivity contribution in [2.24, 2.45) is 0 Å². The number of benzene rings is 2. The lowest BCUT2D eigenvalue weighted by molar-refractivity contribution is 0.475. The smallest absolute Gasteiger partial charge is 0.123 e. The second kappa shape index (κ2) is 17.7. The Kier molecular flexibility index (Phi) is 14.7. The SMILES string of the molecule is CCCCCCCCCCCC(CCCCCCCC)c1ccccc1-c1ccccc1O. The van der Waals surface area contributed by atoms with E-state index in [0.717, 1.165) is 5.56 Å². The fraction of sp³-hybridized carbons (Fsp3) is 0.625. The Morgan fingerprint density at radius 2 is 0.939 bits per heavy atom. The van der Waals surface area contributed by atoms with Crippen LogP contribution in [0.15, 0.2) is 48.5 Å². The maximum absolute atomic E-state index is 10.5. The lowest BCUT2D eigenvalue weighted by Crippen LogP contribution is -2.02. The van der Waals surface area contributed by atoms with Gasteiger partial charge < -0.3 is 5.11 Å². The molecule has 1 N–H and O–H groups in total. The molecule has 0 radical (unpaired) electrons. The molecule has 0 heterocycles. The third-order valence-electron chi connectivity index (χ3n) is 7.16. The number of rotatable bonds is 19. The van der Waals surface area contributed by atoms with E-state index < -0.39 is 0 Å². The van der Waals surface area contributed by atoms with Crippen LogP contribution in [0.4, 0.5) is 0 Å². The van der Waals surface area contributed by atoms with Crippen molar-refractivity contribution >= 4 is 0 Å². The van der Waals surface area contributed by atoms with Crippen LogP contribution in [0.5, 0.6) is 5.75 Å². The average molecular weight is 451 g/mol. The summed E-state index contributed by atoms with van der Waals surface area (Å²) in [5.41, 5.74) is 3.64. The molecular weight excluding hydrogens is 400 g/mol. The Balaban J connectivity index is 1.95. The molecule has 0 bridgehead atoms. The number of para-hydroxylation sites is 1. The Morgan fingerprint density at radius 1 is 0.515 bits per heavy atom. The highest BCUT2D eigenvalue weighted by molar-refractivity contribution is 5.73. The van der Waals surface area contributed by atoms with Crippen molar-refractivity contribution in [3.63, 3.8) is 0 Å². The predicted molar refractivity (Wildman–Crippen MR) is 146 cm³/mol. The van der Waals surface area contributed by atoms with Gasteiger partial charge in [0.15, 0.2) is 0 Å². The first-order valence-corrected chi connectivity index (χ1v) is 14.1. The molecule has 0 saturated carbocycles. The minimum absolute atomic E-state index is 0.395. The summed E-state index contributed by atoms with van der Waals surface area (Å²) in [6.45, 7) is 4.58. The maximum Gasteiger partial charge on any atom is 0.123 e. The molecule has 0 spiro atoms. The lowest BCUT2D eigenvalue weighted by atomic mass is 9.83. The van der Waals surface area contributed by atoms with Crippen molar-refractivity contribution in [1.29, 1.82) is 0 Å². The Bertz CT molecular complexity index is 735. The van der Waals surface area contributed by atoms with Gasteiger partial charge in [0.05, 0.1) is 0 Å². The molecule has 1 unspecified atom stereocenters. The second-order valence-corrected chi connectivity index (χ2v) is 9.97. The molecule has 1 nitrogen and oxygen atoms in total. The normalized spacial score (nSPS) is 12.2. The van der Waals surface area contributed by atoms with Gasteiger partial charge in [-0.3, -0.25) is 0 Å². The van der Waals surface area contributed by atoms with E-state index in [1.807, 2.05) is 18.2 Å². The van der Waals surface area contributed by atoms with E-state index in [-0.39, 0.29) is 0 Å². The molecule has 33 heavy (non-hydrogen) atoms. The van der Waals surface area contributed by atoms with Gasteiger partial charge in [0.2, 0.25) is 0 Å². The Labute approximate surface area is 205 Å². The summed E-state index contributed by atoms with van der Waals surface area (Å²) in [4.78, 5) is 0. The van der Waals surface area contributed by atoms with Crippen LogP contribution in [0.2, 0.25) is 0 Å². The Hall–Kier alpha value is -1.76. The number of unbranched alkanes of at least 4 members (excludes halogenated alkanes) is 13. The summed E-state index contributed by atoms with van der Waals surface area (Å²) in [7, 11) is 0. The molecule has 2 rings (SSSR count). The maximum atomic E-state index is 10.5. The molecule has 0 aliphatic heterocycles. The average Bonchev–Trinajstić information content (AvgIpc) is 2.84. The zero-order chi connectivity index (χ0) is 23.6. The molecule has 0 saturated heterocycles. The van der Waals surface area contributed by atoms with Crippen molar-refractivity contribution in [2.75, 3.05) is 0 Å². The van der Waals surface area contributed by atoms with E-state index in [0.29, 0.717) is 11.7 Å². The van der Waals surface area contributed by atoms with Crippen LogP contribution in [0.25, 0.3) is 11.1 Å². The van der Waals surface area contributed by atoms with Crippen LogP contribution in [0.3, 0.4) is 0 Å². The van der Waals surface area contributed by atoms with Crippen LogP contribution in [0, 0.1) is 0 Å². The van der Waals surface area contributed by atoms with Crippen LogP contribution in [0.1, 0.15) is 134 Å². The van der Waals surface area contributed by atoms with E-state index in [1.54, 1.807) is 0 Å². The molecule has 184 valence electrons. The molecule has 2 aromatic carbocycles. The molecule has 0 amide bonds. The summed E-state index contributed by atoms with van der Waals surface area (Å²) in [5, 5.41) is 10.5. The molecule has 1 atom stereocenters. The van der Waals surface area contributed by atoms with Gasteiger partial charge in [0.1, 0.15) is 5.75 Å². The first kappa shape index (κ1) is 27.5.